The Balaban J connectivity index is 1.74. The second-order valence-corrected chi connectivity index (χ2v) is 5.74. The van der Waals surface area contributed by atoms with Gasteiger partial charge in [-0.1, -0.05) is 13.3 Å². The Bertz CT molecular complexity index is 400. The predicted octanol–water partition coefficient (Wildman–Crippen LogP) is 1.75. The van der Waals surface area contributed by atoms with Gasteiger partial charge in [0.05, 0.1) is 19.4 Å². The average Bonchev–Trinajstić information content (AvgIpc) is 3.15. The van der Waals surface area contributed by atoms with Gasteiger partial charge in [0.2, 0.25) is 5.91 Å². The summed E-state index contributed by atoms with van der Waals surface area (Å²) in [5, 5.41) is 6.42. The monoisotopic (exact) mass is 293 g/mol. The first-order chi connectivity index (χ1) is 10.3. The summed E-state index contributed by atoms with van der Waals surface area (Å²) in [6.45, 7) is 6.19. The van der Waals surface area contributed by atoms with E-state index in [0.717, 1.165) is 38.2 Å². The molecule has 21 heavy (non-hydrogen) atoms. The predicted molar refractivity (Wildman–Crippen MR) is 82.9 cm³/mol. The molecule has 2 heterocycles. The van der Waals surface area contributed by atoms with E-state index in [-0.39, 0.29) is 5.91 Å². The minimum atomic E-state index is 0.0699. The van der Waals surface area contributed by atoms with Crippen LogP contribution in [0.4, 0.5) is 0 Å². The summed E-state index contributed by atoms with van der Waals surface area (Å²) in [5.41, 5.74) is 0. The van der Waals surface area contributed by atoms with Crippen LogP contribution in [0.1, 0.15) is 38.4 Å². The number of amides is 1. The van der Waals surface area contributed by atoms with Crippen molar-refractivity contribution in [3.63, 3.8) is 0 Å². The number of rotatable bonds is 9. The van der Waals surface area contributed by atoms with Crippen molar-refractivity contribution in [3.05, 3.63) is 24.2 Å². The smallest absolute Gasteiger partial charge is 0.234 e. The zero-order valence-electron chi connectivity index (χ0n) is 12.9. The van der Waals surface area contributed by atoms with Crippen molar-refractivity contribution in [1.82, 2.24) is 15.5 Å². The van der Waals surface area contributed by atoms with E-state index < -0.39 is 0 Å². The average molecular weight is 293 g/mol. The van der Waals surface area contributed by atoms with Gasteiger partial charge in [-0.3, -0.25) is 9.69 Å². The maximum absolute atomic E-state index is 12.1. The Labute approximate surface area is 127 Å². The molecule has 0 aromatic carbocycles. The van der Waals surface area contributed by atoms with Gasteiger partial charge in [-0.15, -0.1) is 0 Å². The van der Waals surface area contributed by atoms with Gasteiger partial charge in [0.25, 0.3) is 0 Å². The molecule has 1 atom stereocenters. The lowest BCUT2D eigenvalue weighted by molar-refractivity contribution is -0.122. The van der Waals surface area contributed by atoms with Crippen LogP contribution in [0.5, 0.6) is 0 Å². The highest BCUT2D eigenvalue weighted by Gasteiger charge is 2.19. The van der Waals surface area contributed by atoms with Crippen molar-refractivity contribution in [2.24, 2.45) is 0 Å². The minimum absolute atomic E-state index is 0.0699. The summed E-state index contributed by atoms with van der Waals surface area (Å²) >= 11 is 0. The molecule has 0 saturated carbocycles. The quantitative estimate of drug-likeness (QED) is 0.728. The first-order valence-corrected chi connectivity index (χ1v) is 8.02. The van der Waals surface area contributed by atoms with Crippen molar-refractivity contribution < 1.29 is 9.21 Å². The van der Waals surface area contributed by atoms with Gasteiger partial charge >= 0.3 is 0 Å². The van der Waals surface area contributed by atoms with Crippen LogP contribution >= 0.6 is 0 Å². The van der Waals surface area contributed by atoms with Gasteiger partial charge < -0.3 is 15.1 Å². The molecule has 1 aliphatic rings. The molecule has 0 bridgehead atoms. The normalized spacial score (nSPS) is 18.3. The Hall–Kier alpha value is -1.33. The number of hydrogen-bond acceptors (Lipinski definition) is 4. The van der Waals surface area contributed by atoms with Crippen molar-refractivity contribution in [3.8, 4) is 0 Å². The molecular formula is C16H27N3O2. The van der Waals surface area contributed by atoms with E-state index in [1.807, 2.05) is 12.1 Å². The molecule has 2 rings (SSSR count). The SMILES string of the molecule is CCCCN(CC(=O)NCc1ccco1)CC1CCCN1. The molecule has 5 nitrogen and oxygen atoms in total. The van der Waals surface area contributed by atoms with E-state index in [0.29, 0.717) is 19.1 Å². The van der Waals surface area contributed by atoms with E-state index in [4.69, 9.17) is 4.42 Å². The zero-order valence-corrected chi connectivity index (χ0v) is 12.9. The number of unbranched alkanes of at least 4 members (excludes halogenated alkanes) is 1. The standard InChI is InChI=1S/C16H27N3O2/c1-2-3-9-19(12-14-6-4-8-17-14)13-16(20)18-11-15-7-5-10-21-15/h5,7,10,14,17H,2-4,6,8-9,11-13H2,1H3,(H,18,20). The third kappa shape index (κ3) is 5.89. The Morgan fingerprint density at radius 3 is 3.14 bits per heavy atom. The molecule has 2 N–H and O–H groups in total. The molecule has 1 aromatic rings. The van der Waals surface area contributed by atoms with Crippen molar-refractivity contribution in [2.75, 3.05) is 26.2 Å². The van der Waals surface area contributed by atoms with E-state index in [1.165, 1.54) is 12.8 Å². The lowest BCUT2D eigenvalue weighted by atomic mass is 10.2. The summed E-state index contributed by atoms with van der Waals surface area (Å²) in [7, 11) is 0. The number of nitrogens with one attached hydrogen (secondary N) is 2. The van der Waals surface area contributed by atoms with Crippen LogP contribution in [0, 0.1) is 0 Å². The van der Waals surface area contributed by atoms with Gasteiger partial charge in [-0.25, -0.2) is 0 Å². The highest BCUT2D eigenvalue weighted by atomic mass is 16.3. The summed E-state index contributed by atoms with van der Waals surface area (Å²) in [6.07, 6.45) is 6.38. The number of hydrogen-bond donors (Lipinski definition) is 2. The first kappa shape index (κ1) is 16.0. The van der Waals surface area contributed by atoms with Crippen LogP contribution in [-0.2, 0) is 11.3 Å². The molecule has 1 aromatic heterocycles. The second-order valence-electron chi connectivity index (χ2n) is 5.74. The van der Waals surface area contributed by atoms with Gasteiger partial charge in [-0.2, -0.15) is 0 Å². The summed E-state index contributed by atoms with van der Waals surface area (Å²) in [4.78, 5) is 14.3. The van der Waals surface area contributed by atoms with Crippen LogP contribution in [0.3, 0.4) is 0 Å². The molecule has 1 aliphatic heterocycles. The molecule has 0 radical (unpaired) electrons. The van der Waals surface area contributed by atoms with E-state index in [2.05, 4.69) is 22.5 Å². The zero-order chi connectivity index (χ0) is 14.9. The molecule has 1 unspecified atom stereocenters. The molecule has 1 fully saturated rings. The van der Waals surface area contributed by atoms with Gasteiger partial charge in [0.1, 0.15) is 5.76 Å². The van der Waals surface area contributed by atoms with Crippen LogP contribution < -0.4 is 10.6 Å². The fourth-order valence-electron chi connectivity index (χ4n) is 2.70. The van der Waals surface area contributed by atoms with Crippen LogP contribution in [0.2, 0.25) is 0 Å². The fraction of sp³-hybridized carbons (Fsp3) is 0.688. The fourth-order valence-corrected chi connectivity index (χ4v) is 2.70. The van der Waals surface area contributed by atoms with Crippen LogP contribution in [0.15, 0.2) is 22.8 Å². The minimum Gasteiger partial charge on any atom is -0.467 e. The molecular weight excluding hydrogens is 266 g/mol. The van der Waals surface area contributed by atoms with Crippen LogP contribution in [0.25, 0.3) is 0 Å². The highest BCUT2D eigenvalue weighted by molar-refractivity contribution is 5.77. The summed E-state index contributed by atoms with van der Waals surface area (Å²) in [6, 6.07) is 4.25. The molecule has 5 heteroatoms. The van der Waals surface area contributed by atoms with Gasteiger partial charge in [0, 0.05) is 12.6 Å². The van der Waals surface area contributed by atoms with Gasteiger partial charge in [0.15, 0.2) is 0 Å². The number of furan rings is 1. The first-order valence-electron chi connectivity index (χ1n) is 8.02. The highest BCUT2D eigenvalue weighted by Crippen LogP contribution is 2.08. The Morgan fingerprint density at radius 1 is 1.57 bits per heavy atom. The second kappa shape index (κ2) is 8.85. The lowest BCUT2D eigenvalue weighted by Gasteiger charge is -2.25. The third-order valence-electron chi connectivity index (χ3n) is 3.88. The molecule has 1 amide bonds. The third-order valence-corrected chi connectivity index (χ3v) is 3.88. The molecule has 1 saturated heterocycles. The Kier molecular flexibility index (Phi) is 6.76. The topological polar surface area (TPSA) is 57.5 Å². The van der Waals surface area contributed by atoms with E-state index in [9.17, 15) is 4.79 Å². The number of carbonyl (C=O) groups is 1. The molecule has 0 spiro atoms. The van der Waals surface area contributed by atoms with Gasteiger partial charge in [-0.05, 0) is 44.5 Å². The Morgan fingerprint density at radius 2 is 2.48 bits per heavy atom. The molecule has 0 aliphatic carbocycles. The maximum Gasteiger partial charge on any atom is 0.234 e. The van der Waals surface area contributed by atoms with E-state index >= 15 is 0 Å². The van der Waals surface area contributed by atoms with Crippen molar-refractivity contribution >= 4 is 5.91 Å². The summed E-state index contributed by atoms with van der Waals surface area (Å²) < 4.78 is 5.22. The van der Waals surface area contributed by atoms with E-state index in [1.54, 1.807) is 6.26 Å². The summed E-state index contributed by atoms with van der Waals surface area (Å²) in [5.74, 6) is 0.862. The van der Waals surface area contributed by atoms with Crippen LogP contribution in [-0.4, -0.2) is 43.0 Å². The van der Waals surface area contributed by atoms with Crippen molar-refractivity contribution in [2.45, 2.75) is 45.2 Å². The lowest BCUT2D eigenvalue weighted by Crippen LogP contribution is -2.43. The van der Waals surface area contributed by atoms with Crippen molar-refractivity contribution in [1.29, 1.82) is 0 Å². The number of nitrogens with zero attached hydrogens (tertiary/aromatic N) is 1. The largest absolute Gasteiger partial charge is 0.467 e. The molecule has 118 valence electrons. The maximum atomic E-state index is 12.1. The number of carbonyl (C=O) groups excluding carboxylic acids is 1.